The predicted octanol–water partition coefficient (Wildman–Crippen LogP) is 0.367. The molecular weight excluding hydrogens is 102 g/mol. The molecule has 0 aromatic heterocycles. The Morgan fingerprint density at radius 1 is 1.62 bits per heavy atom. The maximum Gasteiger partial charge on any atom is 0.0445 e. The largest absolute Gasteiger partial charge is 0.396 e. The molecule has 1 unspecified atom stereocenters. The molecule has 0 spiro atoms. The van der Waals surface area contributed by atoms with Gasteiger partial charge in [0.1, 0.15) is 0 Å². The number of rotatable bonds is 4. The Bertz CT molecular complexity index is 43.8. The highest BCUT2D eigenvalue weighted by atomic mass is 16.3. The van der Waals surface area contributed by atoms with Crippen molar-refractivity contribution in [3.05, 3.63) is 0 Å². The molecule has 0 aliphatic carbocycles. The normalized spacial score (nSPS) is 13.9. The van der Waals surface area contributed by atoms with Crippen LogP contribution in [0.25, 0.3) is 0 Å². The molecule has 0 aromatic rings. The second-order valence-corrected chi connectivity index (χ2v) is 1.91. The monoisotopic (exact) mass is 117 g/mol. The minimum atomic E-state index is 0.291. The minimum Gasteiger partial charge on any atom is -0.396 e. The summed E-state index contributed by atoms with van der Waals surface area (Å²) in [5.74, 6) is 0. The Morgan fingerprint density at radius 2 is 2.25 bits per heavy atom. The molecule has 0 fully saturated rings. The molecule has 1 atom stereocenters. The zero-order valence-corrected chi connectivity index (χ0v) is 5.65. The molecule has 8 heavy (non-hydrogen) atoms. The third-order valence-electron chi connectivity index (χ3n) is 1.38. The lowest BCUT2D eigenvalue weighted by molar-refractivity contribution is 0.266. The fourth-order valence-electron chi connectivity index (χ4n) is 0.708. The molecule has 0 aromatic carbocycles. The fourth-order valence-corrected chi connectivity index (χ4v) is 0.708. The summed E-state index contributed by atoms with van der Waals surface area (Å²) in [6, 6.07) is 0.500. The quantitative estimate of drug-likeness (QED) is 0.557. The molecule has 0 radical (unpaired) electrons. The van der Waals surface area contributed by atoms with Crippen LogP contribution in [0.3, 0.4) is 0 Å². The summed E-state index contributed by atoms with van der Waals surface area (Å²) in [5.41, 5.74) is 0. The highest BCUT2D eigenvalue weighted by Gasteiger charge is 1.98. The van der Waals surface area contributed by atoms with Crippen molar-refractivity contribution >= 4 is 0 Å². The van der Waals surface area contributed by atoms with Crippen molar-refractivity contribution in [2.24, 2.45) is 0 Å². The number of hydrogen-bond acceptors (Lipinski definition) is 2. The van der Waals surface area contributed by atoms with Crippen LogP contribution in [-0.4, -0.2) is 24.8 Å². The summed E-state index contributed by atoms with van der Waals surface area (Å²) in [6.07, 6.45) is 1.96. The van der Waals surface area contributed by atoms with Gasteiger partial charge in [-0.2, -0.15) is 0 Å². The van der Waals surface area contributed by atoms with E-state index < -0.39 is 0 Å². The van der Waals surface area contributed by atoms with E-state index in [-0.39, 0.29) is 0 Å². The van der Waals surface area contributed by atoms with E-state index in [0.717, 1.165) is 12.8 Å². The van der Waals surface area contributed by atoms with E-state index in [9.17, 15) is 0 Å². The number of aliphatic hydroxyl groups excluding tert-OH is 1. The maximum absolute atomic E-state index is 8.46. The number of nitrogens with one attached hydrogen (secondary N) is 1. The molecule has 0 aliphatic heterocycles. The third kappa shape index (κ3) is 2.99. The molecule has 0 heterocycles. The van der Waals surface area contributed by atoms with Gasteiger partial charge in [-0.1, -0.05) is 6.92 Å². The Balaban J connectivity index is 3.07. The molecule has 50 valence electrons. The van der Waals surface area contributed by atoms with Crippen molar-refractivity contribution in [1.29, 1.82) is 0 Å². The van der Waals surface area contributed by atoms with Crippen LogP contribution in [0.2, 0.25) is 0 Å². The SMILES string of the molecule is CCC(CCO)NC. The van der Waals surface area contributed by atoms with Crippen LogP contribution in [0.4, 0.5) is 0 Å². The molecule has 0 saturated carbocycles. The van der Waals surface area contributed by atoms with E-state index in [4.69, 9.17) is 5.11 Å². The van der Waals surface area contributed by atoms with E-state index in [0.29, 0.717) is 12.6 Å². The van der Waals surface area contributed by atoms with E-state index in [1.54, 1.807) is 0 Å². The lowest BCUT2D eigenvalue weighted by atomic mass is 10.2. The summed E-state index contributed by atoms with van der Waals surface area (Å²) in [7, 11) is 1.92. The van der Waals surface area contributed by atoms with E-state index in [1.165, 1.54) is 0 Å². The van der Waals surface area contributed by atoms with Crippen molar-refractivity contribution < 1.29 is 5.11 Å². The van der Waals surface area contributed by atoms with Crippen LogP contribution in [-0.2, 0) is 0 Å². The first kappa shape index (κ1) is 7.92. The Kier molecular flexibility index (Phi) is 5.01. The molecule has 0 rings (SSSR count). The second kappa shape index (κ2) is 5.06. The van der Waals surface area contributed by atoms with Gasteiger partial charge in [-0.3, -0.25) is 0 Å². The van der Waals surface area contributed by atoms with Crippen molar-refractivity contribution in [3.8, 4) is 0 Å². The van der Waals surface area contributed by atoms with Crippen LogP contribution < -0.4 is 5.32 Å². The van der Waals surface area contributed by atoms with Crippen molar-refractivity contribution in [2.45, 2.75) is 25.8 Å². The molecule has 0 saturated heterocycles. The first-order valence-corrected chi connectivity index (χ1v) is 3.13. The van der Waals surface area contributed by atoms with Crippen LogP contribution in [0, 0.1) is 0 Å². The summed E-state index contributed by atoms with van der Waals surface area (Å²) in [5, 5.41) is 11.6. The zero-order chi connectivity index (χ0) is 6.41. The Hall–Kier alpha value is -0.0800. The van der Waals surface area contributed by atoms with Crippen LogP contribution in [0.1, 0.15) is 19.8 Å². The van der Waals surface area contributed by atoms with Gasteiger partial charge in [0.15, 0.2) is 0 Å². The topological polar surface area (TPSA) is 32.3 Å². The molecular formula is C6H15NO. The fraction of sp³-hybridized carbons (Fsp3) is 1.00. The Labute approximate surface area is 50.9 Å². The van der Waals surface area contributed by atoms with Gasteiger partial charge in [0.2, 0.25) is 0 Å². The zero-order valence-electron chi connectivity index (χ0n) is 5.65. The van der Waals surface area contributed by atoms with Gasteiger partial charge in [-0.05, 0) is 19.9 Å². The minimum absolute atomic E-state index is 0.291. The first-order chi connectivity index (χ1) is 3.85. The van der Waals surface area contributed by atoms with Crippen LogP contribution >= 0.6 is 0 Å². The van der Waals surface area contributed by atoms with Crippen LogP contribution in [0.15, 0.2) is 0 Å². The number of hydrogen-bond donors (Lipinski definition) is 2. The van der Waals surface area contributed by atoms with Crippen molar-refractivity contribution in [2.75, 3.05) is 13.7 Å². The molecule has 2 nitrogen and oxygen atoms in total. The van der Waals surface area contributed by atoms with Gasteiger partial charge >= 0.3 is 0 Å². The van der Waals surface area contributed by atoms with Gasteiger partial charge in [0.05, 0.1) is 0 Å². The lowest BCUT2D eigenvalue weighted by Crippen LogP contribution is -2.24. The van der Waals surface area contributed by atoms with E-state index in [1.807, 2.05) is 7.05 Å². The van der Waals surface area contributed by atoms with Gasteiger partial charge in [-0.25, -0.2) is 0 Å². The predicted molar refractivity (Wildman–Crippen MR) is 34.8 cm³/mol. The summed E-state index contributed by atoms with van der Waals surface area (Å²) in [4.78, 5) is 0. The first-order valence-electron chi connectivity index (χ1n) is 3.13. The second-order valence-electron chi connectivity index (χ2n) is 1.91. The van der Waals surface area contributed by atoms with Crippen molar-refractivity contribution in [1.82, 2.24) is 5.32 Å². The summed E-state index contributed by atoms with van der Waals surface area (Å²) < 4.78 is 0. The van der Waals surface area contributed by atoms with Crippen LogP contribution in [0.5, 0.6) is 0 Å². The molecule has 0 bridgehead atoms. The van der Waals surface area contributed by atoms with E-state index >= 15 is 0 Å². The summed E-state index contributed by atoms with van der Waals surface area (Å²) in [6.45, 7) is 2.40. The van der Waals surface area contributed by atoms with Crippen molar-refractivity contribution in [3.63, 3.8) is 0 Å². The van der Waals surface area contributed by atoms with E-state index in [2.05, 4.69) is 12.2 Å². The maximum atomic E-state index is 8.46. The standard InChI is InChI=1S/C6H15NO/c1-3-6(7-2)4-5-8/h6-8H,3-5H2,1-2H3. The molecule has 2 N–H and O–H groups in total. The van der Waals surface area contributed by atoms with Gasteiger partial charge in [0, 0.05) is 12.6 Å². The number of aliphatic hydroxyl groups is 1. The van der Waals surface area contributed by atoms with Gasteiger partial charge < -0.3 is 10.4 Å². The van der Waals surface area contributed by atoms with Gasteiger partial charge in [0.25, 0.3) is 0 Å². The Morgan fingerprint density at radius 3 is 2.38 bits per heavy atom. The lowest BCUT2D eigenvalue weighted by Gasteiger charge is -2.10. The average molecular weight is 117 g/mol. The third-order valence-corrected chi connectivity index (χ3v) is 1.38. The summed E-state index contributed by atoms with van der Waals surface area (Å²) >= 11 is 0. The average Bonchev–Trinajstić information content (AvgIpc) is 1.83. The van der Waals surface area contributed by atoms with Gasteiger partial charge in [-0.15, -0.1) is 0 Å². The highest BCUT2D eigenvalue weighted by Crippen LogP contribution is 1.93. The smallest absolute Gasteiger partial charge is 0.0445 e. The molecule has 0 amide bonds. The molecule has 2 heteroatoms. The highest BCUT2D eigenvalue weighted by molar-refractivity contribution is 4.59. The molecule has 0 aliphatic rings.